The number of pyridine rings is 1. The number of ether oxygens (including phenoxy) is 2. The summed E-state index contributed by atoms with van der Waals surface area (Å²) in [6, 6.07) is 8.56. The third-order valence-electron chi connectivity index (χ3n) is 2.72. The van der Waals surface area contributed by atoms with Crippen molar-refractivity contribution < 1.29 is 14.3 Å². The summed E-state index contributed by atoms with van der Waals surface area (Å²) in [7, 11) is 3.12. The van der Waals surface area contributed by atoms with Crippen LogP contribution in [0.15, 0.2) is 36.5 Å². The van der Waals surface area contributed by atoms with Gasteiger partial charge in [-0.25, -0.2) is 4.98 Å². The van der Waals surface area contributed by atoms with E-state index in [1.54, 1.807) is 50.7 Å². The number of hydrogen-bond acceptors (Lipinski definition) is 5. The zero-order valence-corrected chi connectivity index (χ0v) is 11.2. The fourth-order valence-electron chi connectivity index (χ4n) is 1.75. The van der Waals surface area contributed by atoms with Crippen LogP contribution in [0.2, 0.25) is 0 Å². The van der Waals surface area contributed by atoms with Crippen LogP contribution in [0.1, 0.15) is 10.4 Å². The Morgan fingerprint density at radius 2 is 1.95 bits per heavy atom. The molecule has 20 heavy (non-hydrogen) atoms. The molecule has 1 amide bonds. The molecule has 6 heteroatoms. The van der Waals surface area contributed by atoms with Crippen molar-refractivity contribution in [3.63, 3.8) is 0 Å². The summed E-state index contributed by atoms with van der Waals surface area (Å²) in [4.78, 5) is 15.4. The zero-order chi connectivity index (χ0) is 14.5. The first-order valence-electron chi connectivity index (χ1n) is 5.89. The van der Waals surface area contributed by atoms with Crippen LogP contribution in [0.3, 0.4) is 0 Å². The van der Waals surface area contributed by atoms with Gasteiger partial charge >= 0.3 is 0 Å². The molecule has 0 fully saturated rings. The topological polar surface area (TPSA) is 86.5 Å². The van der Waals surface area contributed by atoms with Gasteiger partial charge in [0.05, 0.1) is 19.8 Å². The predicted molar refractivity (Wildman–Crippen MR) is 75.6 cm³/mol. The number of carbonyl (C=O) groups excluding carboxylic acids is 1. The number of hydrogen-bond donors (Lipinski definition) is 2. The summed E-state index contributed by atoms with van der Waals surface area (Å²) < 4.78 is 10.4. The molecule has 6 nitrogen and oxygen atoms in total. The summed E-state index contributed by atoms with van der Waals surface area (Å²) in [6.45, 7) is 0. The Morgan fingerprint density at radius 1 is 1.20 bits per heavy atom. The Morgan fingerprint density at radius 3 is 2.60 bits per heavy atom. The summed E-state index contributed by atoms with van der Waals surface area (Å²) in [6.07, 6.45) is 1.58. The quantitative estimate of drug-likeness (QED) is 0.869. The summed E-state index contributed by atoms with van der Waals surface area (Å²) >= 11 is 0. The van der Waals surface area contributed by atoms with Gasteiger partial charge in [0.2, 0.25) is 0 Å². The average Bonchev–Trinajstić information content (AvgIpc) is 2.47. The van der Waals surface area contributed by atoms with E-state index in [-0.39, 0.29) is 0 Å². The zero-order valence-electron chi connectivity index (χ0n) is 11.2. The molecule has 0 unspecified atom stereocenters. The molecule has 0 saturated carbocycles. The second kappa shape index (κ2) is 5.92. The summed E-state index contributed by atoms with van der Waals surface area (Å²) in [5, 5.41) is 3.03. The second-order valence-electron chi connectivity index (χ2n) is 3.96. The predicted octanol–water partition coefficient (Wildman–Crippen LogP) is 1.94. The van der Waals surface area contributed by atoms with E-state index in [1.165, 1.54) is 0 Å². The number of anilines is 2. The molecule has 0 radical (unpaired) electrons. The number of nitrogens with one attached hydrogen (secondary N) is 1. The summed E-state index contributed by atoms with van der Waals surface area (Å²) in [5.41, 5.74) is 6.34. The molecule has 0 saturated heterocycles. The maximum Gasteiger partial charge on any atom is 0.252 e. The van der Waals surface area contributed by atoms with Gasteiger partial charge in [-0.3, -0.25) is 4.79 Å². The second-order valence-corrected chi connectivity index (χ2v) is 3.96. The molecule has 0 aliphatic heterocycles. The normalized spacial score (nSPS) is 9.90. The van der Waals surface area contributed by atoms with E-state index in [9.17, 15) is 4.79 Å². The van der Waals surface area contributed by atoms with Crippen molar-refractivity contribution in [3.8, 4) is 11.5 Å². The molecule has 3 N–H and O–H groups in total. The lowest BCUT2D eigenvalue weighted by Crippen LogP contribution is -2.14. The van der Waals surface area contributed by atoms with Crippen LogP contribution in [0.25, 0.3) is 0 Å². The van der Waals surface area contributed by atoms with E-state index in [0.717, 1.165) is 0 Å². The van der Waals surface area contributed by atoms with Gasteiger partial charge in [-0.1, -0.05) is 0 Å². The maximum absolute atomic E-state index is 11.3. The minimum atomic E-state index is -0.541. The van der Waals surface area contributed by atoms with Crippen molar-refractivity contribution in [2.24, 2.45) is 5.73 Å². The van der Waals surface area contributed by atoms with Crippen molar-refractivity contribution in [1.29, 1.82) is 0 Å². The van der Waals surface area contributed by atoms with Crippen molar-refractivity contribution in [2.75, 3.05) is 19.5 Å². The highest BCUT2D eigenvalue weighted by atomic mass is 16.5. The van der Waals surface area contributed by atoms with Gasteiger partial charge in [0, 0.05) is 18.0 Å². The molecule has 1 aromatic heterocycles. The molecule has 0 aliphatic carbocycles. The van der Waals surface area contributed by atoms with Crippen LogP contribution < -0.4 is 20.5 Å². The Bertz CT molecular complexity index is 629. The Balaban J connectivity index is 2.33. The lowest BCUT2D eigenvalue weighted by atomic mass is 10.2. The molecule has 0 spiro atoms. The van der Waals surface area contributed by atoms with Crippen LogP contribution in [-0.4, -0.2) is 25.1 Å². The van der Waals surface area contributed by atoms with E-state index < -0.39 is 5.91 Å². The number of methoxy groups -OCH3 is 2. The van der Waals surface area contributed by atoms with Crippen LogP contribution in [0.4, 0.5) is 11.5 Å². The largest absolute Gasteiger partial charge is 0.493 e. The van der Waals surface area contributed by atoms with E-state index in [4.69, 9.17) is 15.2 Å². The molecule has 0 aliphatic rings. The number of benzene rings is 1. The van der Waals surface area contributed by atoms with E-state index in [0.29, 0.717) is 28.6 Å². The minimum absolute atomic E-state index is 0.322. The first-order chi connectivity index (χ1) is 9.65. The van der Waals surface area contributed by atoms with Crippen LogP contribution in [-0.2, 0) is 0 Å². The van der Waals surface area contributed by atoms with E-state index >= 15 is 0 Å². The average molecular weight is 273 g/mol. The number of nitrogens with zero attached hydrogens (tertiary/aromatic N) is 1. The fraction of sp³-hybridized carbons (Fsp3) is 0.143. The molecular formula is C14H15N3O3. The fourth-order valence-corrected chi connectivity index (χ4v) is 1.75. The number of primary amides is 1. The highest BCUT2D eigenvalue weighted by Gasteiger charge is 2.10. The number of amides is 1. The monoisotopic (exact) mass is 273 g/mol. The van der Waals surface area contributed by atoms with Crippen molar-refractivity contribution in [2.45, 2.75) is 0 Å². The highest BCUT2D eigenvalue weighted by molar-refractivity contribution is 5.98. The number of nitrogens with two attached hydrogens (primary N) is 1. The SMILES string of the molecule is COc1ccc(Nc2ncccc2C(N)=O)cc1OC. The van der Waals surface area contributed by atoms with Gasteiger partial charge in [-0.05, 0) is 24.3 Å². The van der Waals surface area contributed by atoms with Gasteiger partial charge < -0.3 is 20.5 Å². The van der Waals surface area contributed by atoms with Gasteiger partial charge in [0.25, 0.3) is 5.91 Å². The van der Waals surface area contributed by atoms with Gasteiger partial charge in [0.15, 0.2) is 11.5 Å². The van der Waals surface area contributed by atoms with Gasteiger partial charge in [-0.2, -0.15) is 0 Å². The van der Waals surface area contributed by atoms with E-state index in [2.05, 4.69) is 10.3 Å². The molecule has 2 aromatic rings. The molecule has 1 heterocycles. The Hall–Kier alpha value is -2.76. The molecule has 1 aromatic carbocycles. The molecule has 104 valence electrons. The van der Waals surface area contributed by atoms with E-state index in [1.807, 2.05) is 0 Å². The lowest BCUT2D eigenvalue weighted by Gasteiger charge is -2.12. The maximum atomic E-state index is 11.3. The van der Waals surface area contributed by atoms with Crippen molar-refractivity contribution >= 4 is 17.4 Å². The van der Waals surface area contributed by atoms with Crippen LogP contribution in [0, 0.1) is 0 Å². The molecule has 2 rings (SSSR count). The third kappa shape index (κ3) is 2.80. The number of aromatic nitrogens is 1. The van der Waals surface area contributed by atoms with Gasteiger partial charge in [0.1, 0.15) is 5.82 Å². The first-order valence-corrected chi connectivity index (χ1v) is 5.89. The number of rotatable bonds is 5. The highest BCUT2D eigenvalue weighted by Crippen LogP contribution is 2.31. The van der Waals surface area contributed by atoms with Crippen molar-refractivity contribution in [3.05, 3.63) is 42.1 Å². The lowest BCUT2D eigenvalue weighted by molar-refractivity contribution is 0.100. The van der Waals surface area contributed by atoms with Crippen LogP contribution in [0.5, 0.6) is 11.5 Å². The smallest absolute Gasteiger partial charge is 0.252 e. The molecular weight excluding hydrogens is 258 g/mol. The Kier molecular flexibility index (Phi) is 4.05. The third-order valence-corrected chi connectivity index (χ3v) is 2.72. The standard InChI is InChI=1S/C14H15N3O3/c1-19-11-6-5-9(8-12(11)20-2)17-14-10(13(15)18)4-3-7-16-14/h3-8H,1-2H3,(H2,15,18)(H,16,17). The van der Waals surface area contributed by atoms with Crippen LogP contribution >= 0.6 is 0 Å². The first kappa shape index (κ1) is 13.7. The number of carbonyl (C=O) groups is 1. The van der Waals surface area contributed by atoms with Gasteiger partial charge in [-0.15, -0.1) is 0 Å². The Labute approximate surface area is 116 Å². The minimum Gasteiger partial charge on any atom is -0.493 e. The molecule has 0 bridgehead atoms. The molecule has 0 atom stereocenters. The summed E-state index contributed by atoms with van der Waals surface area (Å²) in [5.74, 6) is 1.05. The van der Waals surface area contributed by atoms with Crippen molar-refractivity contribution in [1.82, 2.24) is 4.98 Å².